The standard InChI is InChI=1S/C10H10.C8H7Cl/c1-3-9-7-5-6-8-10(9)4-2;9-7-6-8-4-2-1-3-5-8/h3-8H,1-2H2;1-7H. The maximum absolute atomic E-state index is 5.36. The van der Waals surface area contributed by atoms with Crippen LogP contribution in [0.3, 0.4) is 0 Å². The second kappa shape index (κ2) is 8.96. The van der Waals surface area contributed by atoms with Crippen molar-refractivity contribution in [1.29, 1.82) is 0 Å². The third kappa shape index (κ3) is 5.41. The molecule has 0 radical (unpaired) electrons. The average molecular weight is 269 g/mol. The minimum absolute atomic E-state index is 1.13. The van der Waals surface area contributed by atoms with Crippen LogP contribution in [0.15, 0.2) is 73.3 Å². The Labute approximate surface area is 120 Å². The highest BCUT2D eigenvalue weighted by molar-refractivity contribution is 6.27. The molecule has 0 atom stereocenters. The monoisotopic (exact) mass is 268 g/mol. The van der Waals surface area contributed by atoms with E-state index in [1.807, 2.05) is 72.8 Å². The van der Waals surface area contributed by atoms with E-state index in [0.717, 1.165) is 16.7 Å². The van der Waals surface area contributed by atoms with Gasteiger partial charge in [0, 0.05) is 5.54 Å². The van der Waals surface area contributed by atoms with Crippen LogP contribution in [0.2, 0.25) is 0 Å². The molecule has 0 spiro atoms. The Kier molecular flexibility index (Phi) is 7.08. The van der Waals surface area contributed by atoms with Crippen LogP contribution in [0.25, 0.3) is 18.2 Å². The quantitative estimate of drug-likeness (QED) is 0.653. The molecule has 0 aliphatic carbocycles. The Balaban J connectivity index is 0.000000191. The molecule has 2 aromatic carbocycles. The summed E-state index contributed by atoms with van der Waals surface area (Å²) in [5.41, 5.74) is 4.91. The van der Waals surface area contributed by atoms with Gasteiger partial charge < -0.3 is 0 Å². The number of rotatable bonds is 3. The van der Waals surface area contributed by atoms with E-state index in [1.165, 1.54) is 5.54 Å². The highest BCUT2D eigenvalue weighted by Gasteiger charge is 1.89. The first-order valence-corrected chi connectivity index (χ1v) is 6.41. The molecule has 0 heterocycles. The van der Waals surface area contributed by atoms with Crippen LogP contribution in [-0.2, 0) is 0 Å². The molecule has 0 bridgehead atoms. The first-order valence-electron chi connectivity index (χ1n) is 5.97. The second-order valence-electron chi connectivity index (χ2n) is 3.74. The van der Waals surface area contributed by atoms with Crippen molar-refractivity contribution in [1.82, 2.24) is 0 Å². The molecule has 0 amide bonds. The van der Waals surface area contributed by atoms with Gasteiger partial charge in [0.05, 0.1) is 0 Å². The first-order chi connectivity index (χ1) is 9.31. The van der Waals surface area contributed by atoms with Gasteiger partial charge in [-0.1, -0.05) is 91.5 Å². The fraction of sp³-hybridized carbons (Fsp3) is 0. The summed E-state index contributed by atoms with van der Waals surface area (Å²) in [6, 6.07) is 17.9. The number of halogens is 1. The molecule has 0 saturated heterocycles. The van der Waals surface area contributed by atoms with Crippen LogP contribution in [0.5, 0.6) is 0 Å². The van der Waals surface area contributed by atoms with Crippen LogP contribution in [-0.4, -0.2) is 0 Å². The lowest BCUT2D eigenvalue weighted by molar-refractivity contribution is 1.62. The summed E-state index contributed by atoms with van der Waals surface area (Å²) >= 11 is 5.36. The summed E-state index contributed by atoms with van der Waals surface area (Å²) in [6.07, 6.45) is 5.51. The summed E-state index contributed by atoms with van der Waals surface area (Å²) in [6.45, 7) is 7.38. The molecule has 2 aromatic rings. The lowest BCUT2D eigenvalue weighted by Gasteiger charge is -1.96. The Morgan fingerprint density at radius 2 is 1.21 bits per heavy atom. The van der Waals surface area contributed by atoms with Crippen LogP contribution in [0.1, 0.15) is 16.7 Å². The highest BCUT2D eigenvalue weighted by atomic mass is 35.5. The Hall–Kier alpha value is -2.05. The molecule has 0 unspecified atom stereocenters. The lowest BCUT2D eigenvalue weighted by Crippen LogP contribution is -1.76. The maximum atomic E-state index is 5.36. The number of hydrogen-bond acceptors (Lipinski definition) is 0. The van der Waals surface area contributed by atoms with Crippen molar-refractivity contribution in [2.75, 3.05) is 0 Å². The van der Waals surface area contributed by atoms with Gasteiger partial charge in [-0.2, -0.15) is 0 Å². The van der Waals surface area contributed by atoms with Gasteiger partial charge in [-0.05, 0) is 22.8 Å². The largest absolute Gasteiger partial charge is 0.0984 e. The SMILES string of the molecule is C=Cc1ccccc1C=C.ClC=Cc1ccccc1. The lowest BCUT2D eigenvalue weighted by atomic mass is 10.1. The van der Waals surface area contributed by atoms with Crippen molar-refractivity contribution in [3.8, 4) is 0 Å². The molecule has 0 nitrogen and oxygen atoms in total. The van der Waals surface area contributed by atoms with Crippen LogP contribution >= 0.6 is 11.6 Å². The Bertz CT molecular complexity index is 512. The van der Waals surface area contributed by atoms with Gasteiger partial charge in [0.2, 0.25) is 0 Å². The molecule has 0 aromatic heterocycles. The summed E-state index contributed by atoms with van der Waals surface area (Å²) < 4.78 is 0. The van der Waals surface area contributed by atoms with Gasteiger partial charge in [0.25, 0.3) is 0 Å². The molecule has 96 valence electrons. The third-order valence-corrected chi connectivity index (χ3v) is 2.62. The van der Waals surface area contributed by atoms with E-state index in [0.29, 0.717) is 0 Å². The fourth-order valence-corrected chi connectivity index (χ4v) is 1.67. The number of benzene rings is 2. The van der Waals surface area contributed by atoms with Crippen LogP contribution in [0.4, 0.5) is 0 Å². The zero-order chi connectivity index (χ0) is 13.9. The molecular formula is C18H17Cl. The van der Waals surface area contributed by atoms with Crippen molar-refractivity contribution in [3.05, 3.63) is 90.0 Å². The fourth-order valence-electron chi connectivity index (χ4n) is 1.52. The van der Waals surface area contributed by atoms with Gasteiger partial charge in [0.1, 0.15) is 0 Å². The number of hydrogen-bond donors (Lipinski definition) is 0. The molecule has 0 fully saturated rings. The Morgan fingerprint density at radius 3 is 1.63 bits per heavy atom. The summed E-state index contributed by atoms with van der Waals surface area (Å²) in [7, 11) is 0. The third-order valence-electron chi connectivity index (χ3n) is 2.49. The summed E-state index contributed by atoms with van der Waals surface area (Å²) in [5, 5.41) is 0. The first kappa shape index (κ1) is 15.0. The smallest absolute Gasteiger partial charge is 0.00484 e. The minimum Gasteiger partial charge on any atom is -0.0984 e. The predicted octanol–water partition coefficient (Wildman–Crippen LogP) is 5.87. The van der Waals surface area contributed by atoms with Gasteiger partial charge >= 0.3 is 0 Å². The molecule has 0 saturated carbocycles. The molecule has 19 heavy (non-hydrogen) atoms. The van der Waals surface area contributed by atoms with Gasteiger partial charge in [-0.25, -0.2) is 0 Å². The van der Waals surface area contributed by atoms with E-state index in [-0.39, 0.29) is 0 Å². The van der Waals surface area contributed by atoms with E-state index in [4.69, 9.17) is 11.6 Å². The molecule has 2 rings (SSSR count). The van der Waals surface area contributed by atoms with Crippen molar-refractivity contribution in [3.63, 3.8) is 0 Å². The van der Waals surface area contributed by atoms with Gasteiger partial charge in [-0.15, -0.1) is 0 Å². The van der Waals surface area contributed by atoms with E-state index >= 15 is 0 Å². The second-order valence-corrected chi connectivity index (χ2v) is 3.99. The van der Waals surface area contributed by atoms with Gasteiger partial charge in [-0.3, -0.25) is 0 Å². The maximum Gasteiger partial charge on any atom is 0.00484 e. The molecular weight excluding hydrogens is 252 g/mol. The zero-order valence-electron chi connectivity index (χ0n) is 10.8. The normalized spacial score (nSPS) is 9.53. The van der Waals surface area contributed by atoms with Gasteiger partial charge in [0.15, 0.2) is 0 Å². The van der Waals surface area contributed by atoms with E-state index < -0.39 is 0 Å². The average Bonchev–Trinajstić information content (AvgIpc) is 2.49. The topological polar surface area (TPSA) is 0 Å². The predicted molar refractivity (Wildman–Crippen MR) is 88.0 cm³/mol. The van der Waals surface area contributed by atoms with E-state index in [1.54, 1.807) is 0 Å². The highest BCUT2D eigenvalue weighted by Crippen LogP contribution is 2.10. The van der Waals surface area contributed by atoms with Crippen LogP contribution in [0, 0.1) is 0 Å². The van der Waals surface area contributed by atoms with E-state index in [2.05, 4.69) is 13.2 Å². The van der Waals surface area contributed by atoms with E-state index in [9.17, 15) is 0 Å². The van der Waals surface area contributed by atoms with Crippen molar-refractivity contribution in [2.24, 2.45) is 0 Å². The van der Waals surface area contributed by atoms with Crippen LogP contribution < -0.4 is 0 Å². The molecule has 0 aliphatic rings. The minimum atomic E-state index is 1.13. The summed E-state index contributed by atoms with van der Waals surface area (Å²) in [4.78, 5) is 0. The molecule has 0 N–H and O–H groups in total. The zero-order valence-corrected chi connectivity index (χ0v) is 11.6. The Morgan fingerprint density at radius 1 is 0.737 bits per heavy atom. The summed E-state index contributed by atoms with van der Waals surface area (Å²) in [5.74, 6) is 0. The molecule has 0 aliphatic heterocycles. The van der Waals surface area contributed by atoms with Crippen molar-refractivity contribution >= 4 is 29.8 Å². The van der Waals surface area contributed by atoms with Crippen molar-refractivity contribution in [2.45, 2.75) is 0 Å². The van der Waals surface area contributed by atoms with Crippen molar-refractivity contribution < 1.29 is 0 Å². The molecule has 1 heteroatoms.